The number of hydrogen-bond donors (Lipinski definition) is 2. The van der Waals surface area contributed by atoms with E-state index in [0.717, 1.165) is 25.8 Å². The third-order valence-electron chi connectivity index (χ3n) is 7.15. The fourth-order valence-electron chi connectivity index (χ4n) is 5.50. The van der Waals surface area contributed by atoms with Crippen molar-refractivity contribution in [2.45, 2.75) is 39.2 Å². The van der Waals surface area contributed by atoms with Crippen molar-refractivity contribution in [2.75, 3.05) is 40.8 Å². The predicted octanol–water partition coefficient (Wildman–Crippen LogP) is 1.94. The molecule has 170 valence electrons. The fraction of sp³-hybridized carbons (Fsp3) is 0.773. The number of carbonyl (C=O) groups excluding carboxylic acids is 2. The molecule has 2 bridgehead atoms. The third-order valence-corrected chi connectivity index (χ3v) is 7.15. The summed E-state index contributed by atoms with van der Waals surface area (Å²) in [5.41, 5.74) is 0. The van der Waals surface area contributed by atoms with Crippen LogP contribution in [0.4, 0.5) is 0 Å². The molecule has 1 heterocycles. The lowest BCUT2D eigenvalue weighted by molar-refractivity contribution is -0.140. The van der Waals surface area contributed by atoms with E-state index < -0.39 is 0 Å². The second-order valence-electron chi connectivity index (χ2n) is 8.82. The molecule has 2 amide bonds. The summed E-state index contributed by atoms with van der Waals surface area (Å²) in [6, 6.07) is 0.424. The maximum absolute atomic E-state index is 12.8. The molecule has 1 aliphatic heterocycles. The van der Waals surface area contributed by atoms with Crippen LogP contribution in [0.5, 0.6) is 0 Å². The van der Waals surface area contributed by atoms with E-state index in [-0.39, 0.29) is 59.5 Å². The van der Waals surface area contributed by atoms with Gasteiger partial charge < -0.3 is 15.5 Å². The lowest BCUT2D eigenvalue weighted by Crippen LogP contribution is -2.49. The van der Waals surface area contributed by atoms with Crippen LogP contribution >= 0.6 is 24.0 Å². The first-order valence-corrected chi connectivity index (χ1v) is 11.1. The maximum atomic E-state index is 12.8. The second-order valence-corrected chi connectivity index (χ2v) is 8.82. The number of guanidine groups is 1. The van der Waals surface area contributed by atoms with E-state index in [2.05, 4.69) is 60.6 Å². The number of likely N-dealkylation sites (N-methyl/N-ethyl adjacent to an activating group) is 1. The molecule has 5 atom stereocenters. The molecule has 0 aromatic heterocycles. The first kappa shape index (κ1) is 25.1. The summed E-state index contributed by atoms with van der Waals surface area (Å²) in [6.45, 7) is 6.18. The van der Waals surface area contributed by atoms with Crippen molar-refractivity contribution < 1.29 is 9.59 Å². The summed E-state index contributed by atoms with van der Waals surface area (Å²) in [7, 11) is 5.98. The highest BCUT2D eigenvalue weighted by Crippen LogP contribution is 2.52. The molecular formula is C22H38IN5O2. The Morgan fingerprint density at radius 1 is 1.13 bits per heavy atom. The van der Waals surface area contributed by atoms with Crippen LogP contribution in [0.1, 0.15) is 33.1 Å². The SMILES string of the molecule is CCC(CC)C(CNC(=NC)NCCN1C(=O)C2C3C=CC(C3)C2C1=O)N(C)C.I. The molecule has 1 saturated heterocycles. The van der Waals surface area contributed by atoms with Crippen LogP contribution in [0.2, 0.25) is 0 Å². The number of amides is 2. The van der Waals surface area contributed by atoms with Crippen molar-refractivity contribution in [3.63, 3.8) is 0 Å². The Bertz CT molecular complexity index is 646. The number of aliphatic imine (C=N–C) groups is 1. The molecule has 2 N–H and O–H groups in total. The molecule has 2 fully saturated rings. The van der Waals surface area contributed by atoms with Gasteiger partial charge in [-0.05, 0) is 38.3 Å². The van der Waals surface area contributed by atoms with Crippen LogP contribution in [0, 0.1) is 29.6 Å². The first-order valence-electron chi connectivity index (χ1n) is 11.1. The van der Waals surface area contributed by atoms with E-state index in [0.29, 0.717) is 31.0 Å². The highest BCUT2D eigenvalue weighted by atomic mass is 127. The molecule has 7 nitrogen and oxygen atoms in total. The lowest BCUT2D eigenvalue weighted by Gasteiger charge is -2.32. The number of nitrogens with one attached hydrogen (secondary N) is 2. The summed E-state index contributed by atoms with van der Waals surface area (Å²) in [5.74, 6) is 1.67. The van der Waals surface area contributed by atoms with Gasteiger partial charge in [0.1, 0.15) is 0 Å². The Labute approximate surface area is 198 Å². The smallest absolute Gasteiger partial charge is 0.233 e. The predicted molar refractivity (Wildman–Crippen MR) is 131 cm³/mol. The molecule has 0 aromatic rings. The monoisotopic (exact) mass is 531 g/mol. The van der Waals surface area contributed by atoms with Crippen LogP contribution in [0.15, 0.2) is 17.1 Å². The zero-order valence-corrected chi connectivity index (χ0v) is 21.3. The van der Waals surface area contributed by atoms with Crippen molar-refractivity contribution in [3.8, 4) is 0 Å². The van der Waals surface area contributed by atoms with Crippen LogP contribution in [0.25, 0.3) is 0 Å². The van der Waals surface area contributed by atoms with Crippen molar-refractivity contribution in [1.29, 1.82) is 0 Å². The number of imide groups is 1. The second kappa shape index (κ2) is 10.9. The third kappa shape index (κ3) is 4.84. The van der Waals surface area contributed by atoms with Crippen LogP contribution < -0.4 is 10.6 Å². The van der Waals surface area contributed by atoms with Crippen LogP contribution in [0.3, 0.4) is 0 Å². The van der Waals surface area contributed by atoms with Gasteiger partial charge in [0.15, 0.2) is 5.96 Å². The number of halogens is 1. The summed E-state index contributed by atoms with van der Waals surface area (Å²) < 4.78 is 0. The minimum absolute atomic E-state index is 0. The average molecular weight is 531 g/mol. The van der Waals surface area contributed by atoms with Crippen LogP contribution in [-0.4, -0.2) is 74.4 Å². The van der Waals surface area contributed by atoms with Gasteiger partial charge in [0.2, 0.25) is 11.8 Å². The Morgan fingerprint density at radius 3 is 2.17 bits per heavy atom. The van der Waals surface area contributed by atoms with Crippen molar-refractivity contribution >= 4 is 41.8 Å². The fourth-order valence-corrected chi connectivity index (χ4v) is 5.50. The number of likely N-dealkylation sites (tertiary alicyclic amines) is 1. The van der Waals surface area contributed by atoms with Gasteiger partial charge in [-0.15, -0.1) is 24.0 Å². The minimum Gasteiger partial charge on any atom is -0.355 e. The number of nitrogens with zero attached hydrogens (tertiary/aromatic N) is 3. The van der Waals surface area contributed by atoms with E-state index in [1.165, 1.54) is 4.90 Å². The molecule has 3 rings (SSSR count). The van der Waals surface area contributed by atoms with E-state index >= 15 is 0 Å². The molecule has 0 aromatic carbocycles. The zero-order chi connectivity index (χ0) is 21.1. The van der Waals surface area contributed by atoms with Gasteiger partial charge in [-0.2, -0.15) is 0 Å². The maximum Gasteiger partial charge on any atom is 0.233 e. The minimum atomic E-state index is -0.115. The van der Waals surface area contributed by atoms with Gasteiger partial charge in [-0.1, -0.05) is 38.8 Å². The summed E-state index contributed by atoms with van der Waals surface area (Å²) in [4.78, 5) is 33.5. The summed E-state index contributed by atoms with van der Waals surface area (Å²) >= 11 is 0. The van der Waals surface area contributed by atoms with E-state index in [1.54, 1.807) is 7.05 Å². The van der Waals surface area contributed by atoms with Crippen molar-refractivity contribution in [2.24, 2.45) is 34.6 Å². The standard InChI is InChI=1S/C22H37N5O2.HI/c1-6-14(7-2)17(26(4)5)13-25-22(23-3)24-10-11-27-20(28)18-15-8-9-16(12-15)19(18)21(27)29;/h8-9,14-19H,6-7,10-13H2,1-5H3,(H2,23,24,25);1H. The molecule has 3 aliphatic rings. The van der Waals surface area contributed by atoms with E-state index in [9.17, 15) is 9.59 Å². The molecular weight excluding hydrogens is 493 g/mol. The summed E-state index contributed by atoms with van der Waals surface area (Å²) in [6.07, 6.45) is 7.52. The number of fused-ring (bicyclic) bond motifs is 5. The summed E-state index contributed by atoms with van der Waals surface area (Å²) in [5, 5.41) is 6.68. The lowest BCUT2D eigenvalue weighted by atomic mass is 9.85. The van der Waals surface area contributed by atoms with Gasteiger partial charge in [0.25, 0.3) is 0 Å². The molecule has 1 saturated carbocycles. The molecule has 0 radical (unpaired) electrons. The van der Waals surface area contributed by atoms with Crippen molar-refractivity contribution in [3.05, 3.63) is 12.2 Å². The van der Waals surface area contributed by atoms with E-state index in [4.69, 9.17) is 0 Å². The normalized spacial score (nSPS) is 28.4. The van der Waals surface area contributed by atoms with Gasteiger partial charge in [0, 0.05) is 32.7 Å². The van der Waals surface area contributed by atoms with Crippen molar-refractivity contribution in [1.82, 2.24) is 20.4 Å². The van der Waals surface area contributed by atoms with Gasteiger partial charge in [-0.3, -0.25) is 19.5 Å². The van der Waals surface area contributed by atoms with Gasteiger partial charge >= 0.3 is 0 Å². The molecule has 30 heavy (non-hydrogen) atoms. The van der Waals surface area contributed by atoms with E-state index in [1.807, 2.05) is 0 Å². The molecule has 0 spiro atoms. The molecule has 5 unspecified atom stereocenters. The van der Waals surface area contributed by atoms with Gasteiger partial charge in [0.05, 0.1) is 11.8 Å². The Kier molecular flexibility index (Phi) is 9.14. The number of rotatable bonds is 9. The Balaban J connectivity index is 0.00000320. The molecule has 8 heteroatoms. The zero-order valence-electron chi connectivity index (χ0n) is 18.9. The van der Waals surface area contributed by atoms with Crippen LogP contribution in [-0.2, 0) is 9.59 Å². The number of hydrogen-bond acceptors (Lipinski definition) is 4. The first-order chi connectivity index (χ1) is 13.9. The highest BCUT2D eigenvalue weighted by Gasteiger charge is 2.58. The largest absolute Gasteiger partial charge is 0.355 e. The number of allylic oxidation sites excluding steroid dienone is 2. The van der Waals surface area contributed by atoms with Gasteiger partial charge in [-0.25, -0.2) is 0 Å². The average Bonchev–Trinajstić information content (AvgIpc) is 3.38. The quantitative estimate of drug-likeness (QED) is 0.156. The number of carbonyl (C=O) groups is 2. The highest BCUT2D eigenvalue weighted by molar-refractivity contribution is 14.0. The Hall–Kier alpha value is -1.16. The molecule has 2 aliphatic carbocycles. The topological polar surface area (TPSA) is 77.0 Å². The Morgan fingerprint density at radius 2 is 1.70 bits per heavy atom.